The quantitative estimate of drug-likeness (QED) is 0.746. The van der Waals surface area contributed by atoms with E-state index in [2.05, 4.69) is 15.6 Å². The highest BCUT2D eigenvalue weighted by molar-refractivity contribution is 7.09. The Morgan fingerprint density at radius 2 is 2.12 bits per heavy atom. The van der Waals surface area contributed by atoms with Crippen LogP contribution in [-0.4, -0.2) is 36.6 Å². The molecule has 0 bridgehead atoms. The average Bonchev–Trinajstić information content (AvgIpc) is 2.99. The van der Waals surface area contributed by atoms with Gasteiger partial charge in [-0.05, 0) is 44.7 Å². The fourth-order valence-corrected chi connectivity index (χ4v) is 3.88. The summed E-state index contributed by atoms with van der Waals surface area (Å²) in [4.78, 5) is 28.0. The number of thiazole rings is 1. The molecule has 2 aliphatic rings. The summed E-state index contributed by atoms with van der Waals surface area (Å²) in [5, 5.41) is 8.70. The first kappa shape index (κ1) is 21.2. The van der Waals surface area contributed by atoms with Gasteiger partial charge in [-0.2, -0.15) is 0 Å². The monoisotopic (exact) mass is 395 g/mol. The number of nitrogens with zero attached hydrogens (tertiary/aromatic N) is 1. The van der Waals surface area contributed by atoms with Gasteiger partial charge < -0.3 is 15.4 Å². The first-order valence-electron chi connectivity index (χ1n) is 7.74. The van der Waals surface area contributed by atoms with Gasteiger partial charge in [0.1, 0.15) is 5.01 Å². The Balaban J connectivity index is 0.00000144. The molecule has 1 unspecified atom stereocenters. The number of aromatic nitrogens is 1. The maximum atomic E-state index is 12.2. The minimum atomic E-state index is -0.410. The first-order chi connectivity index (χ1) is 10.6. The summed E-state index contributed by atoms with van der Waals surface area (Å²) in [5.74, 6) is -0.138. The lowest BCUT2D eigenvalue weighted by molar-refractivity contribution is -0.123. The predicted molar refractivity (Wildman–Crippen MR) is 97.1 cm³/mol. The van der Waals surface area contributed by atoms with E-state index in [-0.39, 0.29) is 42.1 Å². The summed E-state index contributed by atoms with van der Waals surface area (Å²) in [7, 11) is 0. The highest BCUT2D eigenvalue weighted by Gasteiger charge is 2.57. The maximum Gasteiger partial charge on any atom is 0.357 e. The number of carbonyl (C=O) groups is 2. The van der Waals surface area contributed by atoms with Crippen LogP contribution in [0.15, 0.2) is 5.38 Å². The molecule has 2 N–H and O–H groups in total. The van der Waals surface area contributed by atoms with Gasteiger partial charge in [-0.15, -0.1) is 36.2 Å². The van der Waals surface area contributed by atoms with Crippen molar-refractivity contribution in [1.29, 1.82) is 0 Å². The number of nitrogens with one attached hydrogen (secondary N) is 2. The molecule has 2 fully saturated rings. The largest absolute Gasteiger partial charge is 0.461 e. The minimum absolute atomic E-state index is 0. The zero-order valence-electron chi connectivity index (χ0n) is 13.5. The van der Waals surface area contributed by atoms with E-state index in [9.17, 15) is 9.59 Å². The Hall–Kier alpha value is -0.890. The van der Waals surface area contributed by atoms with Crippen molar-refractivity contribution < 1.29 is 14.3 Å². The van der Waals surface area contributed by atoms with Crippen molar-refractivity contribution in [3.8, 4) is 0 Å². The molecule has 1 amide bonds. The topological polar surface area (TPSA) is 80.3 Å². The Kier molecular flexibility index (Phi) is 7.92. The molecule has 0 radical (unpaired) electrons. The van der Waals surface area contributed by atoms with Crippen LogP contribution in [-0.2, 0) is 16.1 Å². The van der Waals surface area contributed by atoms with Gasteiger partial charge in [-0.3, -0.25) is 4.79 Å². The number of ether oxygens (including phenoxy) is 1. The van der Waals surface area contributed by atoms with Crippen LogP contribution in [0.5, 0.6) is 0 Å². The highest BCUT2D eigenvalue weighted by atomic mass is 35.5. The van der Waals surface area contributed by atoms with Crippen LogP contribution in [0.2, 0.25) is 0 Å². The third-order valence-corrected chi connectivity index (χ3v) is 5.40. The highest BCUT2D eigenvalue weighted by Crippen LogP contribution is 2.58. The third kappa shape index (κ3) is 4.59. The molecule has 1 aromatic rings. The van der Waals surface area contributed by atoms with E-state index < -0.39 is 5.97 Å². The number of hydrogen-bond donors (Lipinski definition) is 2. The fraction of sp³-hybridized carbons (Fsp3) is 0.667. The van der Waals surface area contributed by atoms with E-state index in [1.54, 1.807) is 12.3 Å². The normalized spacial score (nSPS) is 20.5. The number of carbonyl (C=O) groups excluding carboxylic acids is 2. The Morgan fingerprint density at radius 1 is 1.42 bits per heavy atom. The van der Waals surface area contributed by atoms with Crippen LogP contribution in [0.1, 0.15) is 41.7 Å². The molecular formula is C15H23Cl2N3O3S. The van der Waals surface area contributed by atoms with Crippen LogP contribution in [0.3, 0.4) is 0 Å². The molecule has 24 heavy (non-hydrogen) atoms. The zero-order valence-corrected chi connectivity index (χ0v) is 16.0. The molecule has 1 saturated heterocycles. The standard InChI is InChI=1S/C15H21N3O3S.2ClH/c1-2-21-14(20)11-9-22-12(18-11)8-17-13(19)10-7-15(10)3-5-16-6-4-15;;/h9-10,16H,2-8H2,1H3,(H,17,19);2*1H. The number of amides is 1. The summed E-state index contributed by atoms with van der Waals surface area (Å²) in [6.07, 6.45) is 3.19. The lowest BCUT2D eigenvalue weighted by Crippen LogP contribution is -2.33. The van der Waals surface area contributed by atoms with Gasteiger partial charge in [0, 0.05) is 11.3 Å². The second kappa shape index (κ2) is 8.99. The number of rotatable bonds is 5. The van der Waals surface area contributed by atoms with Gasteiger partial charge in [-0.25, -0.2) is 9.78 Å². The van der Waals surface area contributed by atoms with Gasteiger partial charge in [-0.1, -0.05) is 0 Å². The maximum absolute atomic E-state index is 12.2. The summed E-state index contributed by atoms with van der Waals surface area (Å²) >= 11 is 1.37. The lowest BCUT2D eigenvalue weighted by atomic mass is 9.92. The molecule has 3 rings (SSSR count). The summed E-state index contributed by atoms with van der Waals surface area (Å²) in [6, 6.07) is 0. The lowest BCUT2D eigenvalue weighted by Gasteiger charge is -2.23. The summed E-state index contributed by atoms with van der Waals surface area (Å²) < 4.78 is 4.90. The van der Waals surface area contributed by atoms with Gasteiger partial charge in [0.25, 0.3) is 0 Å². The predicted octanol–water partition coefficient (Wildman–Crippen LogP) is 2.17. The molecule has 2 heterocycles. The molecule has 136 valence electrons. The van der Waals surface area contributed by atoms with Crippen molar-refractivity contribution >= 4 is 48.0 Å². The van der Waals surface area contributed by atoms with Crippen molar-refractivity contribution in [2.45, 2.75) is 32.7 Å². The number of piperidine rings is 1. The van der Waals surface area contributed by atoms with Gasteiger partial charge in [0.2, 0.25) is 5.91 Å². The number of hydrogen-bond acceptors (Lipinski definition) is 6. The first-order valence-corrected chi connectivity index (χ1v) is 8.62. The molecule has 1 aliphatic heterocycles. The van der Waals surface area contributed by atoms with Crippen molar-refractivity contribution in [2.75, 3.05) is 19.7 Å². The van der Waals surface area contributed by atoms with Crippen LogP contribution in [0.4, 0.5) is 0 Å². The van der Waals surface area contributed by atoms with E-state index in [4.69, 9.17) is 4.74 Å². The van der Waals surface area contributed by atoms with Crippen LogP contribution in [0, 0.1) is 11.3 Å². The fourth-order valence-electron chi connectivity index (χ4n) is 3.17. The van der Waals surface area contributed by atoms with Crippen LogP contribution in [0.25, 0.3) is 0 Å². The second-order valence-electron chi connectivity index (χ2n) is 5.93. The molecule has 1 saturated carbocycles. The molecule has 1 aromatic heterocycles. The van der Waals surface area contributed by atoms with E-state index >= 15 is 0 Å². The Labute approximate surface area is 158 Å². The third-order valence-electron chi connectivity index (χ3n) is 4.56. The van der Waals surface area contributed by atoms with Crippen molar-refractivity contribution in [3.05, 3.63) is 16.1 Å². The van der Waals surface area contributed by atoms with E-state index in [1.807, 2.05) is 0 Å². The number of esters is 1. The summed E-state index contributed by atoms with van der Waals surface area (Å²) in [6.45, 7) is 4.50. The SMILES string of the molecule is CCOC(=O)c1csc(CNC(=O)C2CC23CCNCC3)n1.Cl.Cl. The van der Waals surface area contributed by atoms with E-state index in [1.165, 1.54) is 11.3 Å². The van der Waals surface area contributed by atoms with Crippen molar-refractivity contribution in [1.82, 2.24) is 15.6 Å². The van der Waals surface area contributed by atoms with Crippen molar-refractivity contribution in [3.63, 3.8) is 0 Å². The molecule has 0 aromatic carbocycles. The van der Waals surface area contributed by atoms with E-state index in [0.717, 1.165) is 37.4 Å². The van der Waals surface area contributed by atoms with Gasteiger partial charge in [0.15, 0.2) is 5.69 Å². The van der Waals surface area contributed by atoms with Crippen LogP contribution < -0.4 is 10.6 Å². The number of halogens is 2. The molecule has 9 heteroatoms. The zero-order chi connectivity index (χ0) is 15.6. The Morgan fingerprint density at radius 3 is 2.79 bits per heavy atom. The minimum Gasteiger partial charge on any atom is -0.461 e. The Bertz CT molecular complexity index is 576. The van der Waals surface area contributed by atoms with Crippen LogP contribution >= 0.6 is 36.2 Å². The second-order valence-corrected chi connectivity index (χ2v) is 6.88. The molecular weight excluding hydrogens is 373 g/mol. The van der Waals surface area contributed by atoms with Gasteiger partial charge in [0.05, 0.1) is 13.2 Å². The average molecular weight is 396 g/mol. The molecule has 1 atom stereocenters. The van der Waals surface area contributed by atoms with E-state index in [0.29, 0.717) is 18.8 Å². The summed E-state index contributed by atoms with van der Waals surface area (Å²) in [5.41, 5.74) is 0.561. The molecule has 1 spiro atoms. The molecule has 6 nitrogen and oxygen atoms in total. The van der Waals surface area contributed by atoms with Gasteiger partial charge >= 0.3 is 5.97 Å². The molecule has 1 aliphatic carbocycles. The smallest absolute Gasteiger partial charge is 0.357 e. The van der Waals surface area contributed by atoms with Crippen molar-refractivity contribution in [2.24, 2.45) is 11.3 Å².